The molecule has 0 aromatic rings. The number of carbonyl (C=O) groups is 1. The maximum Gasteiger partial charge on any atom is 0.330 e. The highest BCUT2D eigenvalue weighted by molar-refractivity contribution is 5.81. The zero-order valence-corrected chi connectivity index (χ0v) is 8.38. The predicted octanol–water partition coefficient (Wildman–Crippen LogP) is 1.51. The van der Waals surface area contributed by atoms with E-state index in [0.717, 1.165) is 12.5 Å². The second kappa shape index (κ2) is 5.75. The minimum Gasteiger partial charge on any atom is -0.462 e. The fourth-order valence-corrected chi connectivity index (χ4v) is 0.925. The quantitative estimate of drug-likeness (QED) is 0.505. The number of esters is 1. The molecule has 1 unspecified atom stereocenters. The van der Waals surface area contributed by atoms with Crippen molar-refractivity contribution in [1.29, 1.82) is 0 Å². The van der Waals surface area contributed by atoms with Crippen molar-refractivity contribution in [1.82, 2.24) is 0 Å². The Labute approximate surface area is 79.4 Å². The van der Waals surface area contributed by atoms with E-state index in [1.165, 1.54) is 0 Å². The van der Waals surface area contributed by atoms with Gasteiger partial charge in [-0.15, -0.1) is 0 Å². The lowest BCUT2D eigenvalue weighted by Gasteiger charge is -2.26. The van der Waals surface area contributed by atoms with E-state index in [9.17, 15) is 4.79 Å². The van der Waals surface area contributed by atoms with Crippen molar-refractivity contribution in [2.45, 2.75) is 26.7 Å². The number of aliphatic hydroxyl groups excluding tert-OH is 1. The van der Waals surface area contributed by atoms with Crippen LogP contribution in [0.2, 0.25) is 0 Å². The molecule has 0 aliphatic rings. The molecule has 0 spiro atoms. The number of carbonyl (C=O) groups excluding carboxylic acids is 1. The van der Waals surface area contributed by atoms with Crippen molar-refractivity contribution in [3.05, 3.63) is 12.7 Å². The van der Waals surface area contributed by atoms with E-state index in [4.69, 9.17) is 9.84 Å². The second-order valence-corrected chi connectivity index (χ2v) is 3.45. The van der Waals surface area contributed by atoms with Gasteiger partial charge < -0.3 is 9.84 Å². The summed E-state index contributed by atoms with van der Waals surface area (Å²) in [5, 5.41) is 8.79. The lowest BCUT2D eigenvalue weighted by Crippen LogP contribution is -2.25. The molecule has 0 rings (SSSR count). The number of ether oxygens (including phenoxy) is 1. The molecule has 13 heavy (non-hydrogen) atoms. The smallest absolute Gasteiger partial charge is 0.330 e. The zero-order valence-electron chi connectivity index (χ0n) is 8.38. The van der Waals surface area contributed by atoms with Crippen LogP contribution in [0.1, 0.15) is 26.7 Å². The number of hydrogen-bond donors (Lipinski definition) is 1. The lowest BCUT2D eigenvalue weighted by atomic mass is 9.85. The highest BCUT2D eigenvalue weighted by Crippen LogP contribution is 2.25. The molecular formula is C10H18O3. The Morgan fingerprint density at radius 2 is 2.31 bits per heavy atom. The Bertz CT molecular complexity index is 177. The van der Waals surface area contributed by atoms with Gasteiger partial charge in [-0.1, -0.05) is 20.4 Å². The summed E-state index contributed by atoms with van der Waals surface area (Å²) >= 11 is 0. The third kappa shape index (κ3) is 4.68. The van der Waals surface area contributed by atoms with Gasteiger partial charge in [0.05, 0.1) is 6.61 Å². The molecule has 0 fully saturated rings. The summed E-state index contributed by atoms with van der Waals surface area (Å²) in [7, 11) is 0. The van der Waals surface area contributed by atoms with Crippen molar-refractivity contribution < 1.29 is 14.6 Å². The summed E-state index contributed by atoms with van der Waals surface area (Å²) in [5.41, 5.74) is -0.118. The van der Waals surface area contributed by atoms with Gasteiger partial charge in [0.25, 0.3) is 0 Å². The van der Waals surface area contributed by atoms with Crippen LogP contribution >= 0.6 is 0 Å². The van der Waals surface area contributed by atoms with Crippen LogP contribution < -0.4 is 0 Å². The lowest BCUT2D eigenvalue weighted by molar-refractivity contribution is -0.141. The highest BCUT2D eigenvalue weighted by Gasteiger charge is 2.22. The summed E-state index contributed by atoms with van der Waals surface area (Å²) < 4.78 is 4.93. The van der Waals surface area contributed by atoms with Crippen LogP contribution in [0.5, 0.6) is 0 Å². The van der Waals surface area contributed by atoms with Crippen molar-refractivity contribution in [2.24, 2.45) is 5.41 Å². The monoisotopic (exact) mass is 186 g/mol. The van der Waals surface area contributed by atoms with E-state index in [0.29, 0.717) is 13.0 Å². The molecule has 0 saturated carbocycles. The summed E-state index contributed by atoms with van der Waals surface area (Å²) in [6, 6.07) is 0. The van der Waals surface area contributed by atoms with E-state index in [1.807, 2.05) is 13.8 Å². The van der Waals surface area contributed by atoms with E-state index in [-0.39, 0.29) is 12.0 Å². The predicted molar refractivity (Wildman–Crippen MR) is 51.3 cm³/mol. The molecule has 3 heteroatoms. The van der Waals surface area contributed by atoms with Crippen LogP contribution in [0.15, 0.2) is 12.7 Å². The topological polar surface area (TPSA) is 46.5 Å². The third-order valence-electron chi connectivity index (χ3n) is 2.30. The normalized spacial score (nSPS) is 14.7. The molecule has 1 N–H and O–H groups in total. The molecule has 0 aromatic heterocycles. The largest absolute Gasteiger partial charge is 0.462 e. The first-order valence-corrected chi connectivity index (χ1v) is 4.48. The molecule has 0 radical (unpaired) electrons. The standard InChI is InChI=1S/C10H18O3/c1-4-9(12)13-8-10(3,5-2)6-7-11/h4,11H,1,5-8H2,2-3H3. The Hall–Kier alpha value is -0.830. The summed E-state index contributed by atoms with van der Waals surface area (Å²) in [6.07, 6.45) is 2.67. The van der Waals surface area contributed by atoms with E-state index < -0.39 is 5.97 Å². The summed E-state index contributed by atoms with van der Waals surface area (Å²) in [5.74, 6) is -0.405. The van der Waals surface area contributed by atoms with Gasteiger partial charge >= 0.3 is 5.97 Å². The van der Waals surface area contributed by atoms with Crippen LogP contribution in [0.4, 0.5) is 0 Å². The third-order valence-corrected chi connectivity index (χ3v) is 2.30. The zero-order chi connectivity index (χ0) is 10.3. The minimum absolute atomic E-state index is 0.118. The van der Waals surface area contributed by atoms with Gasteiger partial charge in [-0.25, -0.2) is 4.79 Å². The molecule has 0 saturated heterocycles. The SMILES string of the molecule is C=CC(=O)OCC(C)(CC)CCO. The molecule has 0 bridgehead atoms. The summed E-state index contributed by atoms with van der Waals surface area (Å²) in [6.45, 7) is 7.77. The molecule has 0 amide bonds. The van der Waals surface area contributed by atoms with Gasteiger partial charge in [0.2, 0.25) is 0 Å². The van der Waals surface area contributed by atoms with Gasteiger partial charge in [0.15, 0.2) is 0 Å². The molecule has 0 heterocycles. The van der Waals surface area contributed by atoms with Crippen LogP contribution in [0, 0.1) is 5.41 Å². The Morgan fingerprint density at radius 3 is 2.69 bits per heavy atom. The first kappa shape index (κ1) is 12.2. The molecule has 76 valence electrons. The van der Waals surface area contributed by atoms with Crippen molar-refractivity contribution in [2.75, 3.05) is 13.2 Å². The number of aliphatic hydroxyl groups is 1. The van der Waals surface area contributed by atoms with Gasteiger partial charge in [0, 0.05) is 18.1 Å². The molecule has 0 aromatic carbocycles. The summed E-state index contributed by atoms with van der Waals surface area (Å²) in [4.78, 5) is 10.8. The Kier molecular flexibility index (Phi) is 5.39. The Morgan fingerprint density at radius 1 is 1.69 bits per heavy atom. The molecular weight excluding hydrogens is 168 g/mol. The number of rotatable bonds is 6. The highest BCUT2D eigenvalue weighted by atomic mass is 16.5. The van der Waals surface area contributed by atoms with Crippen molar-refractivity contribution in [3.8, 4) is 0 Å². The van der Waals surface area contributed by atoms with Gasteiger partial charge in [-0.2, -0.15) is 0 Å². The van der Waals surface area contributed by atoms with Crippen LogP contribution in [-0.2, 0) is 9.53 Å². The second-order valence-electron chi connectivity index (χ2n) is 3.45. The van der Waals surface area contributed by atoms with E-state index in [2.05, 4.69) is 6.58 Å². The van der Waals surface area contributed by atoms with Crippen molar-refractivity contribution in [3.63, 3.8) is 0 Å². The van der Waals surface area contributed by atoms with Crippen LogP contribution in [-0.4, -0.2) is 24.3 Å². The molecule has 0 aliphatic heterocycles. The fraction of sp³-hybridized carbons (Fsp3) is 0.700. The van der Waals surface area contributed by atoms with Crippen LogP contribution in [0.25, 0.3) is 0 Å². The van der Waals surface area contributed by atoms with Crippen molar-refractivity contribution >= 4 is 5.97 Å². The maximum atomic E-state index is 10.8. The van der Waals surface area contributed by atoms with Crippen LogP contribution in [0.3, 0.4) is 0 Å². The van der Waals surface area contributed by atoms with Gasteiger partial charge in [-0.05, 0) is 12.8 Å². The Balaban J connectivity index is 3.96. The molecule has 3 nitrogen and oxygen atoms in total. The average Bonchev–Trinajstić information content (AvgIpc) is 2.15. The maximum absolute atomic E-state index is 10.8. The van der Waals surface area contributed by atoms with Gasteiger partial charge in [0.1, 0.15) is 0 Å². The van der Waals surface area contributed by atoms with E-state index >= 15 is 0 Å². The fourth-order valence-electron chi connectivity index (χ4n) is 0.925. The van der Waals surface area contributed by atoms with E-state index in [1.54, 1.807) is 0 Å². The minimum atomic E-state index is -0.405. The molecule has 0 aliphatic carbocycles. The first-order chi connectivity index (χ1) is 6.08. The van der Waals surface area contributed by atoms with Gasteiger partial charge in [-0.3, -0.25) is 0 Å². The number of hydrogen-bond acceptors (Lipinski definition) is 3. The molecule has 1 atom stereocenters. The average molecular weight is 186 g/mol. The first-order valence-electron chi connectivity index (χ1n) is 4.48.